The molecule has 0 aromatic heterocycles. The molecule has 0 fully saturated rings. The number of quaternary nitrogens is 1. The van der Waals surface area contributed by atoms with E-state index in [0.29, 0.717) is 12.1 Å². The lowest BCUT2D eigenvalue weighted by Crippen LogP contribution is -2.67. The molecule has 1 aliphatic heterocycles. The smallest absolute Gasteiger partial charge is 0.465 e. The zero-order chi connectivity index (χ0) is 25.2. The maximum atomic E-state index is 14.2. The van der Waals surface area contributed by atoms with Gasteiger partial charge in [0.25, 0.3) is 5.69 Å². The summed E-state index contributed by atoms with van der Waals surface area (Å²) >= 11 is 0. The lowest BCUT2D eigenvalue weighted by molar-refractivity contribution is -0.384. The highest BCUT2D eigenvalue weighted by atomic mass is 19.2. The summed E-state index contributed by atoms with van der Waals surface area (Å²) in [6.45, 7) is -0.351. The van der Waals surface area contributed by atoms with Gasteiger partial charge in [0.2, 0.25) is 0 Å². The Balaban J connectivity index is 2.44. The lowest BCUT2D eigenvalue weighted by Gasteiger charge is -2.40. The number of hydrogen-bond donors (Lipinski definition) is 2. The highest BCUT2D eigenvalue weighted by Crippen LogP contribution is 2.45. The van der Waals surface area contributed by atoms with Gasteiger partial charge in [0, 0.05) is 36.9 Å². The van der Waals surface area contributed by atoms with E-state index in [9.17, 15) is 38.4 Å². The molecule has 3 rings (SSSR count). The van der Waals surface area contributed by atoms with Crippen LogP contribution in [-0.4, -0.2) is 48.9 Å². The summed E-state index contributed by atoms with van der Waals surface area (Å²) in [6.07, 6.45) is -1.81. The predicted molar refractivity (Wildman–Crippen MR) is 111 cm³/mol. The topological polar surface area (TPSA) is 145 Å². The van der Waals surface area contributed by atoms with Gasteiger partial charge in [-0.25, -0.2) is 18.4 Å². The number of rotatable bonds is 6. The number of benzene rings is 2. The number of carbonyl (C=O) groups is 3. The molecule has 2 aromatic rings. The number of nitrogens with zero attached hydrogens (tertiary/aromatic N) is 2. The lowest BCUT2D eigenvalue weighted by atomic mass is 9.90. The fourth-order valence-electron chi connectivity index (χ4n) is 3.82. The molecule has 13 heteroatoms. The number of imide groups is 1. The van der Waals surface area contributed by atoms with Gasteiger partial charge in [0.1, 0.15) is 5.57 Å². The molecular formula is C21H18F2N3O8+. The Morgan fingerprint density at radius 3 is 2.29 bits per heavy atom. The maximum Gasteiger partial charge on any atom is 0.528 e. The molecule has 0 saturated carbocycles. The van der Waals surface area contributed by atoms with Crippen LogP contribution in [-0.2, 0) is 14.3 Å². The first-order chi connectivity index (χ1) is 16.1. The number of nitro groups is 1. The fourth-order valence-corrected chi connectivity index (χ4v) is 3.82. The van der Waals surface area contributed by atoms with Crippen LogP contribution in [0.25, 0.3) is 0 Å². The molecule has 2 aromatic carbocycles. The number of ether oxygens (including phenoxy) is 2. The fraction of sp³-hybridized carbons (Fsp3) is 0.190. The predicted octanol–water partition coefficient (Wildman–Crippen LogP) is 3.40. The molecule has 1 heterocycles. The van der Waals surface area contributed by atoms with Crippen LogP contribution in [0.3, 0.4) is 0 Å². The summed E-state index contributed by atoms with van der Waals surface area (Å²) in [4.78, 5) is 49.3. The second kappa shape index (κ2) is 9.33. The van der Waals surface area contributed by atoms with Crippen molar-refractivity contribution in [3.05, 3.63) is 81.0 Å². The van der Waals surface area contributed by atoms with Crippen molar-refractivity contribution < 1.29 is 42.7 Å². The Hall–Kier alpha value is -4.23. The van der Waals surface area contributed by atoms with Crippen molar-refractivity contribution in [1.82, 2.24) is 9.80 Å². The minimum absolute atomic E-state index is 0.147. The maximum absolute atomic E-state index is 14.2. The molecule has 11 nitrogen and oxygen atoms in total. The molecule has 1 unspecified atom stereocenters. The molecule has 34 heavy (non-hydrogen) atoms. The van der Waals surface area contributed by atoms with Crippen molar-refractivity contribution in [3.63, 3.8) is 0 Å². The van der Waals surface area contributed by atoms with Gasteiger partial charge >= 0.3 is 18.1 Å². The minimum atomic E-state index is -1.81. The van der Waals surface area contributed by atoms with E-state index in [1.165, 1.54) is 7.11 Å². The average Bonchev–Trinajstić information content (AvgIpc) is 2.80. The van der Waals surface area contributed by atoms with Crippen molar-refractivity contribution in [2.75, 3.05) is 20.8 Å². The van der Waals surface area contributed by atoms with E-state index in [2.05, 4.69) is 5.32 Å². The number of carboxylic acid groups (broad SMARTS) is 1. The third kappa shape index (κ3) is 3.86. The van der Waals surface area contributed by atoms with Crippen LogP contribution in [0.1, 0.15) is 11.6 Å². The summed E-state index contributed by atoms with van der Waals surface area (Å²) in [5, 5.41) is 23.7. The Kier molecular flexibility index (Phi) is 6.70. The van der Waals surface area contributed by atoms with Crippen LogP contribution < -0.4 is 9.80 Å². The normalized spacial score (nSPS) is 20.0. The minimum Gasteiger partial charge on any atom is -0.465 e. The highest BCUT2D eigenvalue weighted by molar-refractivity contribution is 6.10. The number of nitrogens with one attached hydrogen (secondary N) is 1. The van der Waals surface area contributed by atoms with E-state index in [-0.39, 0.29) is 23.6 Å². The Bertz CT molecular complexity index is 1210. The number of hydrogen-bond acceptors (Lipinski definition) is 7. The monoisotopic (exact) mass is 478 g/mol. The van der Waals surface area contributed by atoms with Gasteiger partial charge in [0.05, 0.1) is 24.3 Å². The molecule has 0 aliphatic carbocycles. The number of non-ortho nitro benzene ring substituents is 1. The van der Waals surface area contributed by atoms with Crippen LogP contribution >= 0.6 is 0 Å². The van der Waals surface area contributed by atoms with Gasteiger partial charge in [-0.1, -0.05) is 4.48 Å². The first kappa shape index (κ1) is 24.4. The number of carbonyl (C=O) groups excluding carboxylic acids is 2. The van der Waals surface area contributed by atoms with Crippen molar-refractivity contribution in [3.8, 4) is 0 Å². The van der Waals surface area contributed by atoms with E-state index < -0.39 is 56.4 Å². The molecule has 2 N–H and O–H groups in total. The van der Waals surface area contributed by atoms with Crippen molar-refractivity contribution in [2.24, 2.45) is 0 Å². The van der Waals surface area contributed by atoms with Gasteiger partial charge in [-0.05, 0) is 18.2 Å². The van der Waals surface area contributed by atoms with Crippen LogP contribution in [0.15, 0.2) is 53.7 Å². The van der Waals surface area contributed by atoms with Crippen molar-refractivity contribution in [2.45, 2.75) is 6.04 Å². The Morgan fingerprint density at radius 1 is 1.15 bits per heavy atom. The number of halogens is 2. The number of esters is 1. The second-order valence-electron chi connectivity index (χ2n) is 7.10. The Labute approximate surface area is 190 Å². The van der Waals surface area contributed by atoms with Gasteiger partial charge in [0.15, 0.2) is 23.4 Å². The Morgan fingerprint density at radius 2 is 1.79 bits per heavy atom. The highest BCUT2D eigenvalue weighted by Gasteiger charge is 2.61. The summed E-state index contributed by atoms with van der Waals surface area (Å²) in [5.41, 5.74) is -1.48. The van der Waals surface area contributed by atoms with Crippen LogP contribution in [0, 0.1) is 21.7 Å². The molecule has 0 spiro atoms. The summed E-state index contributed by atoms with van der Waals surface area (Å²) in [7, 11) is 2.27. The van der Waals surface area contributed by atoms with E-state index in [1.54, 1.807) is 0 Å². The third-order valence-corrected chi connectivity index (χ3v) is 5.29. The average molecular weight is 478 g/mol. The van der Waals surface area contributed by atoms with E-state index in [4.69, 9.17) is 9.47 Å². The summed E-state index contributed by atoms with van der Waals surface area (Å²) in [5.74, 6) is -3.66. The molecule has 3 amide bonds. The number of amides is 3. The van der Waals surface area contributed by atoms with Crippen LogP contribution in [0.5, 0.6) is 0 Å². The van der Waals surface area contributed by atoms with Gasteiger partial charge in [-0.2, -0.15) is 4.79 Å². The van der Waals surface area contributed by atoms with E-state index >= 15 is 0 Å². The molecule has 0 bridgehead atoms. The van der Waals surface area contributed by atoms with Gasteiger partial charge in [-0.15, -0.1) is 0 Å². The summed E-state index contributed by atoms with van der Waals surface area (Å²) in [6, 6.07) is 3.43. The van der Waals surface area contributed by atoms with E-state index in [0.717, 1.165) is 37.4 Å². The summed E-state index contributed by atoms with van der Waals surface area (Å²) < 4.78 is 36.1. The first-order valence-corrected chi connectivity index (χ1v) is 9.53. The SMILES string of the molecule is COCC1=C(C(=O)OC)[C@H](c2ccc(F)c(F)c2)[N+](C(=O)O)(c2ccc([N+](=O)[O-])cc2)C(=O)N1. The second-order valence-corrected chi connectivity index (χ2v) is 7.10. The quantitative estimate of drug-likeness (QED) is 0.278. The standard InChI is InChI=1S/C21H17F2N3O8/c1-33-10-16-17(19(27)34-2)18(11-3-8-14(22)15(23)9-11)26(21(29)30,20(28)24-16)13-6-4-12(5-7-13)25(31)32/h3-9,18H,10H2,1-2H3,(H-,24,27,28,29,30)/p+1/t18-,26?/m0/s1. The molecule has 0 radical (unpaired) electrons. The number of nitro benzene ring substituents is 1. The molecular weight excluding hydrogens is 460 g/mol. The zero-order valence-corrected chi connectivity index (χ0v) is 17.8. The van der Waals surface area contributed by atoms with Crippen molar-refractivity contribution in [1.29, 1.82) is 0 Å². The largest absolute Gasteiger partial charge is 0.528 e. The first-order valence-electron chi connectivity index (χ1n) is 9.53. The zero-order valence-electron chi connectivity index (χ0n) is 17.8. The van der Waals surface area contributed by atoms with Crippen LogP contribution in [0.2, 0.25) is 0 Å². The molecule has 1 aliphatic rings. The van der Waals surface area contributed by atoms with Crippen molar-refractivity contribution >= 4 is 29.5 Å². The number of methoxy groups -OCH3 is 2. The number of urea groups is 1. The van der Waals surface area contributed by atoms with Gasteiger partial charge in [-0.3, -0.25) is 15.4 Å². The molecule has 0 saturated heterocycles. The van der Waals surface area contributed by atoms with Crippen LogP contribution in [0.4, 0.5) is 29.7 Å². The van der Waals surface area contributed by atoms with E-state index in [1.807, 2.05) is 0 Å². The molecule has 2 atom stereocenters. The third-order valence-electron chi connectivity index (χ3n) is 5.29. The molecule has 178 valence electrons. The van der Waals surface area contributed by atoms with Gasteiger partial charge < -0.3 is 14.6 Å².